The highest BCUT2D eigenvalue weighted by Crippen LogP contribution is 2.30. The Bertz CT molecular complexity index is 466. The van der Waals surface area contributed by atoms with Crippen LogP contribution in [0.2, 0.25) is 0 Å². The van der Waals surface area contributed by atoms with Gasteiger partial charge in [0, 0.05) is 13.1 Å². The molecule has 1 amide bonds. The third-order valence-corrected chi connectivity index (χ3v) is 3.57. The number of carbonyl (C=O) groups excluding carboxylic acids is 1. The van der Waals surface area contributed by atoms with E-state index in [4.69, 9.17) is 0 Å². The predicted octanol–water partition coefficient (Wildman–Crippen LogP) is 2.96. The van der Waals surface area contributed by atoms with E-state index in [0.29, 0.717) is 5.56 Å². The number of rotatable bonds is 1. The van der Waals surface area contributed by atoms with E-state index in [2.05, 4.69) is 13.8 Å². The molecule has 0 aliphatic carbocycles. The molecule has 18 heavy (non-hydrogen) atoms. The Morgan fingerprint density at radius 3 is 2.72 bits per heavy atom. The summed E-state index contributed by atoms with van der Waals surface area (Å²) in [4.78, 5) is 14.2. The number of aryl methyl sites for hydroxylation is 1. The summed E-state index contributed by atoms with van der Waals surface area (Å²) in [6, 6.07) is 5.22. The van der Waals surface area contributed by atoms with Crippen LogP contribution in [0.4, 0.5) is 0 Å². The van der Waals surface area contributed by atoms with Gasteiger partial charge in [0.05, 0.1) is 5.56 Å². The summed E-state index contributed by atoms with van der Waals surface area (Å²) in [5.41, 5.74) is 1.55. The molecule has 1 aromatic carbocycles. The Labute approximate surface area is 108 Å². The summed E-state index contributed by atoms with van der Waals surface area (Å²) < 4.78 is 0. The maximum atomic E-state index is 12.4. The van der Waals surface area contributed by atoms with E-state index in [1.54, 1.807) is 12.1 Å². The molecule has 3 nitrogen and oxygen atoms in total. The van der Waals surface area contributed by atoms with Crippen molar-refractivity contribution in [2.24, 2.45) is 5.41 Å². The number of aromatic hydroxyl groups is 1. The first kappa shape index (κ1) is 12.9. The van der Waals surface area contributed by atoms with Crippen molar-refractivity contribution in [3.05, 3.63) is 29.3 Å². The Kier molecular flexibility index (Phi) is 3.33. The standard InChI is InChI=1S/C15H21NO2/c1-11-5-6-12(13(17)9-11)14(18)16-8-4-7-15(2,3)10-16/h5-6,9,17H,4,7-8,10H2,1-3H3. The topological polar surface area (TPSA) is 40.5 Å². The van der Waals surface area contributed by atoms with Gasteiger partial charge in [-0.1, -0.05) is 19.9 Å². The number of hydrogen-bond donors (Lipinski definition) is 1. The van der Waals surface area contributed by atoms with Gasteiger partial charge in [-0.2, -0.15) is 0 Å². The lowest BCUT2D eigenvalue weighted by molar-refractivity contribution is 0.0580. The van der Waals surface area contributed by atoms with Crippen molar-refractivity contribution >= 4 is 5.91 Å². The summed E-state index contributed by atoms with van der Waals surface area (Å²) in [6.45, 7) is 7.82. The monoisotopic (exact) mass is 247 g/mol. The number of amides is 1. The molecule has 2 rings (SSSR count). The van der Waals surface area contributed by atoms with Crippen molar-refractivity contribution in [1.82, 2.24) is 4.90 Å². The van der Waals surface area contributed by atoms with E-state index in [1.165, 1.54) is 0 Å². The average Bonchev–Trinajstić information content (AvgIpc) is 2.27. The normalized spacial score (nSPS) is 18.7. The molecule has 1 aromatic rings. The minimum Gasteiger partial charge on any atom is -0.507 e. The number of likely N-dealkylation sites (tertiary alicyclic amines) is 1. The van der Waals surface area contributed by atoms with Crippen LogP contribution < -0.4 is 0 Å². The first-order valence-corrected chi connectivity index (χ1v) is 6.48. The molecule has 0 bridgehead atoms. The predicted molar refractivity (Wildman–Crippen MR) is 71.8 cm³/mol. The fourth-order valence-corrected chi connectivity index (χ4v) is 2.59. The van der Waals surface area contributed by atoms with E-state index in [1.807, 2.05) is 17.9 Å². The third kappa shape index (κ3) is 2.66. The fraction of sp³-hybridized carbons (Fsp3) is 0.533. The lowest BCUT2D eigenvalue weighted by Gasteiger charge is -2.38. The lowest BCUT2D eigenvalue weighted by atomic mass is 9.84. The van der Waals surface area contributed by atoms with Crippen LogP contribution in [0.5, 0.6) is 5.75 Å². The molecule has 0 spiro atoms. The number of benzene rings is 1. The van der Waals surface area contributed by atoms with Crippen molar-refractivity contribution in [2.45, 2.75) is 33.6 Å². The van der Waals surface area contributed by atoms with Gasteiger partial charge < -0.3 is 10.0 Å². The van der Waals surface area contributed by atoms with Crippen molar-refractivity contribution in [3.63, 3.8) is 0 Å². The van der Waals surface area contributed by atoms with Crippen molar-refractivity contribution in [3.8, 4) is 5.75 Å². The average molecular weight is 247 g/mol. The number of phenolic OH excluding ortho intramolecular Hbond substituents is 1. The number of nitrogens with zero attached hydrogens (tertiary/aromatic N) is 1. The van der Waals surface area contributed by atoms with Gasteiger partial charge in [-0.15, -0.1) is 0 Å². The van der Waals surface area contributed by atoms with Gasteiger partial charge in [0.2, 0.25) is 0 Å². The van der Waals surface area contributed by atoms with E-state index < -0.39 is 0 Å². The summed E-state index contributed by atoms with van der Waals surface area (Å²) in [5, 5.41) is 9.88. The highest BCUT2D eigenvalue weighted by molar-refractivity contribution is 5.97. The highest BCUT2D eigenvalue weighted by Gasteiger charge is 2.30. The third-order valence-electron chi connectivity index (χ3n) is 3.57. The van der Waals surface area contributed by atoms with E-state index in [9.17, 15) is 9.90 Å². The molecule has 0 atom stereocenters. The van der Waals surface area contributed by atoms with Crippen molar-refractivity contribution < 1.29 is 9.90 Å². The SMILES string of the molecule is Cc1ccc(C(=O)N2CCCC(C)(C)C2)c(O)c1. The van der Waals surface area contributed by atoms with Gasteiger partial charge in [0.1, 0.15) is 5.75 Å². The van der Waals surface area contributed by atoms with Crippen molar-refractivity contribution in [2.75, 3.05) is 13.1 Å². The van der Waals surface area contributed by atoms with Crippen LogP contribution in [-0.4, -0.2) is 29.0 Å². The van der Waals surface area contributed by atoms with E-state index >= 15 is 0 Å². The maximum Gasteiger partial charge on any atom is 0.257 e. The molecular weight excluding hydrogens is 226 g/mol. The zero-order chi connectivity index (χ0) is 13.3. The highest BCUT2D eigenvalue weighted by atomic mass is 16.3. The van der Waals surface area contributed by atoms with E-state index in [0.717, 1.165) is 31.5 Å². The van der Waals surface area contributed by atoms with Gasteiger partial charge in [0.25, 0.3) is 5.91 Å². The molecule has 1 heterocycles. The number of phenols is 1. The molecule has 1 saturated heterocycles. The molecule has 0 unspecified atom stereocenters. The Balaban J connectivity index is 2.20. The summed E-state index contributed by atoms with van der Waals surface area (Å²) >= 11 is 0. The summed E-state index contributed by atoms with van der Waals surface area (Å²) in [5.74, 6) is 0.0312. The lowest BCUT2D eigenvalue weighted by Crippen LogP contribution is -2.43. The number of piperidine rings is 1. The first-order chi connectivity index (χ1) is 8.39. The Hall–Kier alpha value is -1.51. The van der Waals surface area contributed by atoms with Gasteiger partial charge in [0.15, 0.2) is 0 Å². The van der Waals surface area contributed by atoms with Gasteiger partial charge in [-0.25, -0.2) is 0 Å². The van der Waals surface area contributed by atoms with Crippen LogP contribution in [0.1, 0.15) is 42.6 Å². The zero-order valence-corrected chi connectivity index (χ0v) is 11.4. The number of hydrogen-bond acceptors (Lipinski definition) is 2. The smallest absolute Gasteiger partial charge is 0.257 e. The molecule has 0 saturated carbocycles. The molecular formula is C15H21NO2. The van der Waals surface area contributed by atoms with Gasteiger partial charge in [-0.3, -0.25) is 4.79 Å². The number of carbonyl (C=O) groups is 1. The van der Waals surface area contributed by atoms with Crippen LogP contribution >= 0.6 is 0 Å². The second kappa shape index (κ2) is 4.63. The quantitative estimate of drug-likeness (QED) is 0.828. The molecule has 98 valence electrons. The zero-order valence-electron chi connectivity index (χ0n) is 11.4. The Morgan fingerprint density at radius 1 is 1.39 bits per heavy atom. The van der Waals surface area contributed by atoms with Crippen molar-refractivity contribution in [1.29, 1.82) is 0 Å². The minimum atomic E-state index is -0.0553. The van der Waals surface area contributed by atoms with Crippen LogP contribution in [0.3, 0.4) is 0 Å². The first-order valence-electron chi connectivity index (χ1n) is 6.48. The molecule has 1 fully saturated rings. The fourth-order valence-electron chi connectivity index (χ4n) is 2.59. The maximum absolute atomic E-state index is 12.4. The molecule has 1 N–H and O–H groups in total. The molecule has 1 aliphatic heterocycles. The molecule has 0 aromatic heterocycles. The molecule has 0 radical (unpaired) electrons. The minimum absolute atomic E-state index is 0.0553. The van der Waals surface area contributed by atoms with Crippen LogP contribution in [0.15, 0.2) is 18.2 Å². The van der Waals surface area contributed by atoms with Crippen LogP contribution in [-0.2, 0) is 0 Å². The Morgan fingerprint density at radius 2 is 2.11 bits per heavy atom. The molecule has 1 aliphatic rings. The second-order valence-electron chi connectivity index (χ2n) is 6.02. The van der Waals surface area contributed by atoms with Gasteiger partial charge >= 0.3 is 0 Å². The molecule has 3 heteroatoms. The van der Waals surface area contributed by atoms with Crippen LogP contribution in [0, 0.1) is 12.3 Å². The second-order valence-corrected chi connectivity index (χ2v) is 6.02. The van der Waals surface area contributed by atoms with E-state index in [-0.39, 0.29) is 17.1 Å². The summed E-state index contributed by atoms with van der Waals surface area (Å²) in [7, 11) is 0. The van der Waals surface area contributed by atoms with Gasteiger partial charge in [-0.05, 0) is 42.9 Å². The largest absolute Gasteiger partial charge is 0.507 e. The van der Waals surface area contributed by atoms with Crippen LogP contribution in [0.25, 0.3) is 0 Å². The summed E-state index contributed by atoms with van der Waals surface area (Å²) in [6.07, 6.45) is 2.18.